The fraction of sp³-hybridized carbons (Fsp3) is 0.462. The minimum absolute atomic E-state index is 0.00891. The van der Waals surface area contributed by atoms with Gasteiger partial charge in [0.2, 0.25) is 0 Å². The Balaban J connectivity index is 1.44. The van der Waals surface area contributed by atoms with Crippen LogP contribution >= 0.6 is 0 Å². The van der Waals surface area contributed by atoms with Crippen molar-refractivity contribution in [2.24, 2.45) is 0 Å². The maximum Gasteiger partial charge on any atom is 0.260 e. The van der Waals surface area contributed by atoms with Gasteiger partial charge in [-0.2, -0.15) is 0 Å². The van der Waals surface area contributed by atoms with Gasteiger partial charge in [-0.05, 0) is 56.0 Å². The first-order chi connectivity index (χ1) is 15.5. The number of nitrogens with zero attached hydrogens (tertiary/aromatic N) is 2. The summed E-state index contributed by atoms with van der Waals surface area (Å²) in [5, 5.41) is 0. The number of aryl methyl sites for hydroxylation is 3. The fourth-order valence-electron chi connectivity index (χ4n) is 3.89. The lowest BCUT2D eigenvalue weighted by Gasteiger charge is -2.22. The second-order valence-electron chi connectivity index (χ2n) is 8.36. The molecule has 6 nitrogen and oxygen atoms in total. The summed E-state index contributed by atoms with van der Waals surface area (Å²) in [5.41, 5.74) is 3.45. The topological polar surface area (TPSA) is 59.1 Å². The fourth-order valence-corrected chi connectivity index (χ4v) is 3.89. The third kappa shape index (κ3) is 6.74. The summed E-state index contributed by atoms with van der Waals surface area (Å²) >= 11 is 0. The van der Waals surface area contributed by atoms with Crippen LogP contribution in [0.3, 0.4) is 0 Å². The number of ether oxygens (including phenoxy) is 2. The molecular weight excluding hydrogens is 404 g/mol. The second-order valence-corrected chi connectivity index (χ2v) is 8.36. The van der Waals surface area contributed by atoms with Crippen molar-refractivity contribution in [2.45, 2.75) is 40.0 Å². The van der Waals surface area contributed by atoms with Crippen molar-refractivity contribution in [3.63, 3.8) is 0 Å². The Hall–Kier alpha value is -3.02. The highest BCUT2D eigenvalue weighted by atomic mass is 16.5. The average molecular weight is 439 g/mol. The molecule has 0 spiro atoms. The molecule has 0 N–H and O–H groups in total. The van der Waals surface area contributed by atoms with Crippen LogP contribution in [0, 0.1) is 13.8 Å². The van der Waals surface area contributed by atoms with Crippen molar-refractivity contribution in [1.82, 2.24) is 9.80 Å². The number of carbonyl (C=O) groups is 2. The van der Waals surface area contributed by atoms with Gasteiger partial charge in [0, 0.05) is 26.2 Å². The number of benzene rings is 2. The van der Waals surface area contributed by atoms with Crippen molar-refractivity contribution in [1.29, 1.82) is 0 Å². The first kappa shape index (κ1) is 23.6. The Morgan fingerprint density at radius 3 is 2.06 bits per heavy atom. The zero-order valence-corrected chi connectivity index (χ0v) is 19.4. The number of hydrogen-bond donors (Lipinski definition) is 0. The number of hydrogen-bond acceptors (Lipinski definition) is 4. The molecule has 2 aromatic rings. The van der Waals surface area contributed by atoms with E-state index in [-0.39, 0.29) is 25.0 Å². The van der Waals surface area contributed by atoms with Crippen molar-refractivity contribution in [3.05, 3.63) is 59.2 Å². The van der Waals surface area contributed by atoms with Gasteiger partial charge in [0.25, 0.3) is 11.8 Å². The lowest BCUT2D eigenvalue weighted by atomic mass is 10.1. The molecular formula is C26H34N2O4. The quantitative estimate of drug-likeness (QED) is 0.630. The Bertz CT molecular complexity index is 911. The lowest BCUT2D eigenvalue weighted by molar-refractivity contribution is -0.135. The van der Waals surface area contributed by atoms with Crippen LogP contribution in [0.4, 0.5) is 0 Å². The summed E-state index contributed by atoms with van der Waals surface area (Å²) in [6, 6.07) is 13.8. The van der Waals surface area contributed by atoms with E-state index in [1.54, 1.807) is 9.80 Å². The van der Waals surface area contributed by atoms with Gasteiger partial charge in [0.05, 0.1) is 0 Å². The molecule has 1 saturated heterocycles. The number of rotatable bonds is 8. The van der Waals surface area contributed by atoms with Crippen molar-refractivity contribution in [3.8, 4) is 11.5 Å². The van der Waals surface area contributed by atoms with E-state index in [0.717, 1.165) is 36.1 Å². The lowest BCUT2D eigenvalue weighted by Crippen LogP contribution is -2.40. The van der Waals surface area contributed by atoms with Crippen molar-refractivity contribution >= 4 is 11.8 Å². The van der Waals surface area contributed by atoms with Crippen molar-refractivity contribution < 1.29 is 19.1 Å². The van der Waals surface area contributed by atoms with Gasteiger partial charge < -0.3 is 19.3 Å². The first-order valence-corrected chi connectivity index (χ1v) is 11.4. The summed E-state index contributed by atoms with van der Waals surface area (Å²) in [7, 11) is 0. The van der Waals surface area contributed by atoms with E-state index in [2.05, 4.69) is 6.92 Å². The minimum Gasteiger partial charge on any atom is -0.484 e. The smallest absolute Gasteiger partial charge is 0.260 e. The van der Waals surface area contributed by atoms with Gasteiger partial charge in [-0.1, -0.05) is 43.2 Å². The molecule has 0 radical (unpaired) electrons. The Morgan fingerprint density at radius 2 is 1.47 bits per heavy atom. The number of amides is 2. The Labute approximate surface area is 191 Å². The number of carbonyl (C=O) groups excluding carboxylic acids is 2. The van der Waals surface area contributed by atoms with E-state index < -0.39 is 0 Å². The van der Waals surface area contributed by atoms with E-state index >= 15 is 0 Å². The molecule has 32 heavy (non-hydrogen) atoms. The minimum atomic E-state index is -0.0531. The van der Waals surface area contributed by atoms with Crippen LogP contribution in [0.25, 0.3) is 0 Å². The zero-order valence-electron chi connectivity index (χ0n) is 19.4. The highest BCUT2D eigenvalue weighted by Gasteiger charge is 2.22. The highest BCUT2D eigenvalue weighted by Crippen LogP contribution is 2.19. The van der Waals surface area contributed by atoms with E-state index in [1.165, 1.54) is 5.56 Å². The van der Waals surface area contributed by atoms with Crippen LogP contribution in [0.5, 0.6) is 11.5 Å². The third-order valence-corrected chi connectivity index (χ3v) is 5.71. The van der Waals surface area contributed by atoms with Crippen LogP contribution in [0.15, 0.2) is 42.5 Å². The normalized spacial score (nSPS) is 14.1. The van der Waals surface area contributed by atoms with E-state index in [9.17, 15) is 9.59 Å². The first-order valence-electron chi connectivity index (χ1n) is 11.4. The average Bonchev–Trinajstić information content (AvgIpc) is 3.04. The summed E-state index contributed by atoms with van der Waals surface area (Å²) in [6.07, 6.45) is 2.88. The molecule has 172 valence electrons. The van der Waals surface area contributed by atoms with Crippen LogP contribution in [-0.2, 0) is 16.0 Å². The molecule has 0 saturated carbocycles. The summed E-state index contributed by atoms with van der Waals surface area (Å²) in [6.45, 7) is 8.44. The summed E-state index contributed by atoms with van der Waals surface area (Å²) < 4.78 is 11.4. The largest absolute Gasteiger partial charge is 0.484 e. The highest BCUT2D eigenvalue weighted by molar-refractivity contribution is 5.79. The van der Waals surface area contributed by atoms with Crippen molar-refractivity contribution in [2.75, 3.05) is 39.4 Å². The molecule has 1 aliphatic heterocycles. The standard InChI is InChI=1S/C26H34N2O4/c1-4-6-22-8-10-23(11-9-22)31-18-25(29)27-13-5-14-28(16-15-27)26(30)19-32-24-12-7-20(2)17-21(24)3/h7-12,17H,4-6,13-16,18-19H2,1-3H3. The maximum atomic E-state index is 12.6. The van der Waals surface area contributed by atoms with Gasteiger partial charge >= 0.3 is 0 Å². The van der Waals surface area contributed by atoms with E-state index in [4.69, 9.17) is 9.47 Å². The Kier molecular flexibility index (Phi) is 8.54. The molecule has 6 heteroatoms. The maximum absolute atomic E-state index is 12.6. The van der Waals surface area contributed by atoms with E-state index in [0.29, 0.717) is 31.9 Å². The van der Waals surface area contributed by atoms with Crippen LogP contribution in [0.1, 0.15) is 36.5 Å². The molecule has 1 heterocycles. The summed E-state index contributed by atoms with van der Waals surface area (Å²) in [4.78, 5) is 28.8. The zero-order chi connectivity index (χ0) is 22.9. The molecule has 2 amide bonds. The molecule has 0 atom stereocenters. The van der Waals surface area contributed by atoms with Gasteiger partial charge in [-0.25, -0.2) is 0 Å². The van der Waals surface area contributed by atoms with Crippen LogP contribution in [-0.4, -0.2) is 61.0 Å². The van der Waals surface area contributed by atoms with Crippen LogP contribution < -0.4 is 9.47 Å². The van der Waals surface area contributed by atoms with E-state index in [1.807, 2.05) is 56.3 Å². The predicted molar refractivity (Wildman–Crippen MR) is 125 cm³/mol. The third-order valence-electron chi connectivity index (χ3n) is 5.71. The molecule has 0 aromatic heterocycles. The molecule has 0 aliphatic carbocycles. The second kappa shape index (κ2) is 11.6. The van der Waals surface area contributed by atoms with Gasteiger partial charge in [-0.15, -0.1) is 0 Å². The van der Waals surface area contributed by atoms with Gasteiger partial charge in [0.15, 0.2) is 13.2 Å². The molecule has 1 aliphatic rings. The predicted octanol–water partition coefficient (Wildman–Crippen LogP) is 3.77. The summed E-state index contributed by atoms with van der Waals surface area (Å²) in [5.74, 6) is 1.33. The van der Waals surface area contributed by atoms with Gasteiger partial charge in [-0.3, -0.25) is 9.59 Å². The molecule has 3 rings (SSSR count). The van der Waals surface area contributed by atoms with Crippen LogP contribution in [0.2, 0.25) is 0 Å². The molecule has 0 unspecified atom stereocenters. The monoisotopic (exact) mass is 438 g/mol. The SMILES string of the molecule is CCCc1ccc(OCC(=O)N2CCCN(C(=O)COc3ccc(C)cc3C)CC2)cc1. The molecule has 2 aromatic carbocycles. The Morgan fingerprint density at radius 1 is 0.844 bits per heavy atom. The molecule has 1 fully saturated rings. The van der Waals surface area contributed by atoms with Gasteiger partial charge in [0.1, 0.15) is 11.5 Å². The molecule has 0 bridgehead atoms.